The van der Waals surface area contributed by atoms with Crippen molar-refractivity contribution >= 4 is 62.6 Å². The first-order valence-corrected chi connectivity index (χ1v) is 21.8. The van der Waals surface area contributed by atoms with E-state index in [-0.39, 0.29) is 42.9 Å². The third-order valence-electron chi connectivity index (χ3n) is 13.4. The van der Waals surface area contributed by atoms with Gasteiger partial charge in [-0.3, -0.25) is 19.8 Å². The Morgan fingerprint density at radius 2 is 1.65 bits per heavy atom. The average molecular weight is 970 g/mol. The van der Waals surface area contributed by atoms with Crippen molar-refractivity contribution in [2.45, 2.75) is 49.5 Å². The number of methoxy groups -OCH3 is 2. The Bertz CT molecular complexity index is 3510. The molecule has 0 spiro atoms. The lowest BCUT2D eigenvalue weighted by atomic mass is 9.53. The molecule has 1 saturated carbocycles. The topological polar surface area (TPSA) is 185 Å². The number of pyridine rings is 1. The number of alkyl halides is 3. The van der Waals surface area contributed by atoms with Gasteiger partial charge >= 0.3 is 17.6 Å². The number of imide groups is 1. The van der Waals surface area contributed by atoms with Crippen molar-refractivity contribution in [1.82, 2.24) is 33.5 Å². The number of phenols is 1. The number of phenolic OH excluding ortho intramolecular Hbond substituents is 1. The number of ether oxygens (including phenoxy) is 2. The molecule has 5 heterocycles. The van der Waals surface area contributed by atoms with E-state index in [1.54, 1.807) is 73.8 Å². The molecule has 4 atom stereocenters. The number of hydrogen-bond donors (Lipinski definition) is 2. The molecule has 21 heteroatoms. The van der Waals surface area contributed by atoms with E-state index >= 15 is 9.59 Å². The summed E-state index contributed by atoms with van der Waals surface area (Å²) in [6.45, 7) is -0.442. The lowest BCUT2D eigenvalue weighted by molar-refractivity contribution is -0.139. The summed E-state index contributed by atoms with van der Waals surface area (Å²) < 4.78 is 56.6. The van der Waals surface area contributed by atoms with E-state index in [1.165, 1.54) is 40.3 Å². The molecular formula is C47H37Cl2F3N8O8. The second-order valence-electron chi connectivity index (χ2n) is 16.7. The van der Waals surface area contributed by atoms with Crippen molar-refractivity contribution in [2.24, 2.45) is 13.0 Å². The van der Waals surface area contributed by atoms with Crippen molar-refractivity contribution in [3.05, 3.63) is 160 Å². The maximum Gasteiger partial charge on any atom is 0.417 e. The van der Waals surface area contributed by atoms with Crippen LogP contribution in [0.4, 0.5) is 19.0 Å². The minimum Gasteiger partial charge on any atom is -0.507 e. The number of nitrogens with one attached hydrogen (secondary N) is 1. The zero-order valence-corrected chi connectivity index (χ0v) is 37.6. The minimum absolute atomic E-state index is 0.0639. The second-order valence-corrected chi connectivity index (χ2v) is 17.5. The van der Waals surface area contributed by atoms with Gasteiger partial charge in [-0.2, -0.15) is 18.2 Å². The molecule has 348 valence electrons. The first-order chi connectivity index (χ1) is 32.5. The van der Waals surface area contributed by atoms with Crippen molar-refractivity contribution in [3.8, 4) is 17.2 Å². The normalized spacial score (nSPS) is 20.0. The summed E-state index contributed by atoms with van der Waals surface area (Å²) in [5, 5.41) is 13.8. The summed E-state index contributed by atoms with van der Waals surface area (Å²) >= 11 is 12.7. The van der Waals surface area contributed by atoms with Gasteiger partial charge < -0.3 is 19.1 Å². The van der Waals surface area contributed by atoms with Gasteiger partial charge in [0.05, 0.1) is 59.8 Å². The molecule has 2 fully saturated rings. The van der Waals surface area contributed by atoms with Crippen molar-refractivity contribution in [1.29, 1.82) is 0 Å². The van der Waals surface area contributed by atoms with Gasteiger partial charge in [-0.1, -0.05) is 77.8 Å². The standard InChI is InChI=1S/C47H37Cl2F3N8O8/c1-56-35-21-37(68-3)36(67-2)20-33(35)54-32(42(56)63)15-16-57-44(65)58-17-14-28-34(60(58)45(57)66)19-30-41(62)59(55-40-31(49)18-25(22-53-40)47(50,51)52)43(64)46(30,24-9-11-26(48)12-10-24)38(28)29-13-8-23-6-4-5-7-27(23)39(29)61/h4-14,18,20-22,30,34,38,61H,15-17,19H2,1-3H3,(H,53,55)/t30-,34+,38+,46+/m0/s1. The number of benzene rings is 4. The fourth-order valence-corrected chi connectivity index (χ4v) is 10.6. The largest absolute Gasteiger partial charge is 0.507 e. The number of aryl methyl sites for hydroxylation is 2. The van der Waals surface area contributed by atoms with E-state index in [9.17, 15) is 32.7 Å². The minimum atomic E-state index is -4.80. The number of anilines is 1. The summed E-state index contributed by atoms with van der Waals surface area (Å²) in [6, 6.07) is 19.4. The summed E-state index contributed by atoms with van der Waals surface area (Å²) in [5.41, 5.74) is -0.591. The molecule has 0 radical (unpaired) electrons. The number of aromatic nitrogens is 6. The molecule has 4 aromatic carbocycles. The van der Waals surface area contributed by atoms with E-state index in [0.29, 0.717) is 66.7 Å². The summed E-state index contributed by atoms with van der Waals surface area (Å²) in [4.78, 5) is 81.8. The van der Waals surface area contributed by atoms with Crippen LogP contribution >= 0.6 is 23.2 Å². The summed E-state index contributed by atoms with van der Waals surface area (Å²) in [7, 11) is 4.48. The summed E-state index contributed by atoms with van der Waals surface area (Å²) in [6.07, 6.45) is -2.97. The average Bonchev–Trinajstić information content (AvgIpc) is 3.69. The van der Waals surface area contributed by atoms with Crippen LogP contribution in [0.15, 0.2) is 111 Å². The van der Waals surface area contributed by atoms with Crippen LogP contribution in [0, 0.1) is 5.92 Å². The van der Waals surface area contributed by atoms with Gasteiger partial charge in [0.25, 0.3) is 17.4 Å². The van der Waals surface area contributed by atoms with Crippen LogP contribution in [-0.4, -0.2) is 64.6 Å². The van der Waals surface area contributed by atoms with Gasteiger partial charge in [-0.05, 0) is 41.1 Å². The van der Waals surface area contributed by atoms with Gasteiger partial charge in [0.1, 0.15) is 11.4 Å². The molecule has 1 saturated heterocycles. The Kier molecular flexibility index (Phi) is 10.6. The van der Waals surface area contributed by atoms with Crippen LogP contribution in [0.1, 0.15) is 40.8 Å². The maximum absolute atomic E-state index is 15.6. The van der Waals surface area contributed by atoms with Crippen LogP contribution in [0.3, 0.4) is 0 Å². The van der Waals surface area contributed by atoms with Crippen LogP contribution in [0.5, 0.6) is 17.2 Å². The van der Waals surface area contributed by atoms with Crippen molar-refractivity contribution in [2.75, 3.05) is 19.6 Å². The van der Waals surface area contributed by atoms with Crippen LogP contribution < -0.4 is 31.8 Å². The molecule has 2 N–H and O–H groups in total. The fraction of sp³-hybridized carbons (Fsp3) is 0.255. The predicted octanol–water partition coefficient (Wildman–Crippen LogP) is 6.52. The molecule has 68 heavy (non-hydrogen) atoms. The molecule has 7 aromatic rings. The molecule has 3 aromatic heterocycles. The first kappa shape index (κ1) is 44.5. The molecule has 16 nitrogen and oxygen atoms in total. The lowest BCUT2D eigenvalue weighted by Gasteiger charge is -2.49. The van der Waals surface area contributed by atoms with Crippen molar-refractivity contribution in [3.63, 3.8) is 0 Å². The van der Waals surface area contributed by atoms with E-state index in [2.05, 4.69) is 15.4 Å². The van der Waals surface area contributed by atoms with Crippen LogP contribution in [0.2, 0.25) is 10.0 Å². The first-order valence-electron chi connectivity index (χ1n) is 21.1. The maximum atomic E-state index is 15.6. The molecule has 10 rings (SSSR count). The van der Waals surface area contributed by atoms with Gasteiger partial charge in [-0.25, -0.2) is 33.5 Å². The van der Waals surface area contributed by atoms with E-state index < -0.39 is 74.6 Å². The molecule has 0 bridgehead atoms. The smallest absolute Gasteiger partial charge is 0.417 e. The highest BCUT2D eigenvalue weighted by molar-refractivity contribution is 6.33. The summed E-state index contributed by atoms with van der Waals surface area (Å²) in [5.74, 6) is -4.19. The number of carbonyl (C=O) groups excluding carboxylic acids is 2. The number of hydrogen-bond acceptors (Lipinski definition) is 11. The SMILES string of the molecule is COc1cc2nc(CCn3c(=O)n4n(c3=O)[C@@H]3C[C@H]5C(=O)N(Nc6ncc(C(F)(F)F)cc6Cl)C(=O)[C@@]5(c5ccc(Cl)cc5)[C@@H](c5ccc6ccccc6c5O)C3=CC4)c(=O)n(C)c2cc1OC. The highest BCUT2D eigenvalue weighted by Gasteiger charge is 2.69. The van der Waals surface area contributed by atoms with Gasteiger partial charge in [-0.15, -0.1) is 0 Å². The van der Waals surface area contributed by atoms with E-state index in [4.69, 9.17) is 32.7 Å². The monoisotopic (exact) mass is 968 g/mol. The number of aromatic hydroxyl groups is 1. The number of rotatable bonds is 9. The number of nitrogens with zero attached hydrogens (tertiary/aromatic N) is 7. The highest BCUT2D eigenvalue weighted by Crippen LogP contribution is 2.63. The fourth-order valence-electron chi connectivity index (χ4n) is 10.2. The van der Waals surface area contributed by atoms with Crippen molar-refractivity contribution < 1.29 is 37.3 Å². The predicted molar refractivity (Wildman–Crippen MR) is 243 cm³/mol. The third-order valence-corrected chi connectivity index (χ3v) is 13.9. The number of allylic oxidation sites excluding steroid dienone is 2. The zero-order valence-electron chi connectivity index (χ0n) is 36.0. The van der Waals surface area contributed by atoms with Crippen LogP contribution in [0.25, 0.3) is 21.8 Å². The Morgan fingerprint density at radius 3 is 2.35 bits per heavy atom. The number of hydrazine groups is 1. The highest BCUT2D eigenvalue weighted by atomic mass is 35.5. The Labute approximate surface area is 391 Å². The lowest BCUT2D eigenvalue weighted by Crippen LogP contribution is -2.53. The Morgan fingerprint density at radius 1 is 0.926 bits per heavy atom. The molecule has 0 unspecified atom stereocenters. The van der Waals surface area contributed by atoms with Gasteiger partial charge in [0.2, 0.25) is 0 Å². The number of fused-ring (bicyclic) bond motifs is 6. The molecular weight excluding hydrogens is 932 g/mol. The molecule has 2 amide bonds. The number of amides is 2. The third kappa shape index (κ3) is 6.61. The Hall–Kier alpha value is -7.38. The number of halogens is 5. The second kappa shape index (κ2) is 16.2. The molecule has 2 aliphatic heterocycles. The Balaban J connectivity index is 1.12. The quantitative estimate of drug-likeness (QED) is 0.119. The van der Waals surface area contributed by atoms with E-state index in [0.717, 1.165) is 4.57 Å². The van der Waals surface area contributed by atoms with Gasteiger partial charge in [0.15, 0.2) is 17.3 Å². The van der Waals surface area contributed by atoms with Crippen LogP contribution in [-0.2, 0) is 47.7 Å². The molecule has 1 aliphatic carbocycles. The van der Waals surface area contributed by atoms with E-state index in [1.807, 2.05) is 0 Å². The molecule has 3 aliphatic rings. The number of carbonyl (C=O) groups is 2. The van der Waals surface area contributed by atoms with Gasteiger partial charge in [0, 0.05) is 60.2 Å². The zero-order chi connectivity index (χ0) is 48.1.